The van der Waals surface area contributed by atoms with Crippen molar-refractivity contribution < 1.29 is 19.1 Å². The molecule has 0 aliphatic carbocycles. The summed E-state index contributed by atoms with van der Waals surface area (Å²) in [6, 6.07) is 12.0. The Balaban J connectivity index is 1.88. The molecular formula is C23H25N3O5S. The quantitative estimate of drug-likeness (QED) is 0.510. The van der Waals surface area contributed by atoms with Crippen molar-refractivity contribution in [1.29, 1.82) is 0 Å². The van der Waals surface area contributed by atoms with Gasteiger partial charge in [0.1, 0.15) is 18.0 Å². The molecule has 0 aliphatic heterocycles. The summed E-state index contributed by atoms with van der Waals surface area (Å²) in [4.78, 5) is 37.0. The molecule has 0 saturated carbocycles. The molecule has 1 aromatic heterocycles. The van der Waals surface area contributed by atoms with Gasteiger partial charge >= 0.3 is 4.87 Å². The number of hydrogen-bond acceptors (Lipinski definition) is 6. The molecule has 32 heavy (non-hydrogen) atoms. The van der Waals surface area contributed by atoms with Gasteiger partial charge in [-0.2, -0.15) is 0 Å². The van der Waals surface area contributed by atoms with Gasteiger partial charge in [-0.15, -0.1) is 0 Å². The number of aromatic nitrogens is 1. The maximum absolute atomic E-state index is 12.6. The molecule has 3 rings (SSSR count). The van der Waals surface area contributed by atoms with Gasteiger partial charge in [0.15, 0.2) is 0 Å². The van der Waals surface area contributed by atoms with Gasteiger partial charge in [0.05, 0.1) is 24.6 Å². The average molecular weight is 456 g/mol. The number of nitrogens with zero attached hydrogens (tertiary/aromatic N) is 1. The largest absolute Gasteiger partial charge is 0.492 e. The number of amides is 2. The highest BCUT2D eigenvalue weighted by atomic mass is 32.1. The van der Waals surface area contributed by atoms with Crippen LogP contribution in [0.3, 0.4) is 0 Å². The molecule has 168 valence electrons. The Labute approximate surface area is 189 Å². The molecule has 0 spiro atoms. The highest BCUT2D eigenvalue weighted by Gasteiger charge is 2.17. The van der Waals surface area contributed by atoms with Gasteiger partial charge in [-0.25, -0.2) is 0 Å². The lowest BCUT2D eigenvalue weighted by atomic mass is 10.2. The molecule has 0 bridgehead atoms. The summed E-state index contributed by atoms with van der Waals surface area (Å²) in [6.45, 7) is 6.01. The van der Waals surface area contributed by atoms with Crippen LogP contribution in [-0.4, -0.2) is 29.6 Å². The lowest BCUT2D eigenvalue weighted by Crippen LogP contribution is -2.25. The Morgan fingerprint density at radius 2 is 1.56 bits per heavy atom. The Morgan fingerprint density at radius 3 is 2.09 bits per heavy atom. The lowest BCUT2D eigenvalue weighted by molar-refractivity contribution is -0.116. The van der Waals surface area contributed by atoms with Crippen LogP contribution in [0.2, 0.25) is 0 Å². The molecule has 8 nitrogen and oxygen atoms in total. The first kappa shape index (κ1) is 23.1. The smallest absolute Gasteiger partial charge is 0.307 e. The van der Waals surface area contributed by atoms with Crippen LogP contribution in [0.1, 0.15) is 29.9 Å². The Kier molecular flexibility index (Phi) is 7.67. The van der Waals surface area contributed by atoms with Crippen LogP contribution in [0.4, 0.5) is 11.4 Å². The van der Waals surface area contributed by atoms with Crippen molar-refractivity contribution in [1.82, 2.24) is 4.57 Å². The molecule has 9 heteroatoms. The topological polar surface area (TPSA) is 98.7 Å². The van der Waals surface area contributed by atoms with Crippen LogP contribution in [0.25, 0.3) is 0 Å². The molecule has 0 fully saturated rings. The molecule has 2 aromatic carbocycles. The van der Waals surface area contributed by atoms with Gasteiger partial charge in [-0.1, -0.05) is 29.5 Å². The standard InChI is InChI=1S/C23H25N3O5S/c1-4-30-19-12-18(25-22(28)16-9-7-6-8-10-16)20(31-5-2)11-17(19)24-21(27)13-26-15(3)14-32-23(26)29/h6-12,14H,4-5,13H2,1-3H3,(H,24,27)(H,25,28). The van der Waals surface area contributed by atoms with E-state index in [1.807, 2.05) is 19.9 Å². The fourth-order valence-electron chi connectivity index (χ4n) is 3.02. The van der Waals surface area contributed by atoms with E-state index in [4.69, 9.17) is 9.47 Å². The summed E-state index contributed by atoms with van der Waals surface area (Å²) >= 11 is 1.05. The summed E-state index contributed by atoms with van der Waals surface area (Å²) in [6.07, 6.45) is 0. The molecule has 3 aromatic rings. The molecular weight excluding hydrogens is 430 g/mol. The van der Waals surface area contributed by atoms with Crippen LogP contribution in [0.5, 0.6) is 11.5 Å². The van der Waals surface area contributed by atoms with Gasteiger partial charge in [-0.3, -0.25) is 19.0 Å². The fraction of sp³-hybridized carbons (Fsp3) is 0.261. The van der Waals surface area contributed by atoms with Crippen LogP contribution < -0.4 is 25.0 Å². The van der Waals surface area contributed by atoms with Gasteiger partial charge < -0.3 is 20.1 Å². The van der Waals surface area contributed by atoms with Crippen LogP contribution in [0, 0.1) is 6.92 Å². The Morgan fingerprint density at radius 1 is 0.969 bits per heavy atom. The minimum absolute atomic E-state index is 0.115. The van der Waals surface area contributed by atoms with Crippen molar-refractivity contribution in [2.24, 2.45) is 0 Å². The van der Waals surface area contributed by atoms with E-state index in [1.54, 1.807) is 48.7 Å². The molecule has 0 unspecified atom stereocenters. The van der Waals surface area contributed by atoms with E-state index in [2.05, 4.69) is 10.6 Å². The molecule has 1 heterocycles. The third-order valence-electron chi connectivity index (χ3n) is 4.52. The second kappa shape index (κ2) is 10.6. The van der Waals surface area contributed by atoms with Crippen LogP contribution in [0.15, 0.2) is 52.6 Å². The number of anilines is 2. The number of nitrogens with one attached hydrogen (secondary N) is 2. The highest BCUT2D eigenvalue weighted by Crippen LogP contribution is 2.37. The SMILES string of the molecule is CCOc1cc(NC(=O)c2ccccc2)c(OCC)cc1NC(=O)Cn1c(C)csc1=O. The Hall–Kier alpha value is -3.59. The predicted molar refractivity (Wildman–Crippen MR) is 125 cm³/mol. The monoisotopic (exact) mass is 455 g/mol. The molecule has 0 atom stereocenters. The Bertz CT molecular complexity index is 1150. The van der Waals surface area contributed by atoms with E-state index < -0.39 is 0 Å². The number of rotatable bonds is 9. The summed E-state index contributed by atoms with van der Waals surface area (Å²) in [5.74, 6) is 0.0950. The van der Waals surface area contributed by atoms with E-state index in [0.29, 0.717) is 47.3 Å². The summed E-state index contributed by atoms with van der Waals surface area (Å²) < 4.78 is 12.8. The first-order valence-electron chi connectivity index (χ1n) is 10.2. The number of benzene rings is 2. The third-order valence-corrected chi connectivity index (χ3v) is 5.40. The lowest BCUT2D eigenvalue weighted by Gasteiger charge is -2.18. The molecule has 0 saturated heterocycles. The zero-order valence-corrected chi connectivity index (χ0v) is 19.0. The zero-order chi connectivity index (χ0) is 23.1. The maximum Gasteiger partial charge on any atom is 0.307 e. The number of ether oxygens (including phenoxy) is 2. The van der Waals surface area contributed by atoms with Gasteiger partial charge in [0, 0.05) is 28.8 Å². The third kappa shape index (κ3) is 5.55. The van der Waals surface area contributed by atoms with Gasteiger partial charge in [0.25, 0.3) is 5.91 Å². The van der Waals surface area contributed by atoms with E-state index in [9.17, 15) is 14.4 Å². The minimum Gasteiger partial charge on any atom is -0.492 e. The maximum atomic E-state index is 12.6. The van der Waals surface area contributed by atoms with Crippen molar-refractivity contribution in [3.05, 3.63) is 68.8 Å². The van der Waals surface area contributed by atoms with E-state index in [1.165, 1.54) is 4.57 Å². The van der Waals surface area contributed by atoms with Crippen molar-refractivity contribution in [3.63, 3.8) is 0 Å². The normalized spacial score (nSPS) is 10.5. The first-order valence-corrected chi connectivity index (χ1v) is 11.1. The number of thiazole rings is 1. The molecule has 0 radical (unpaired) electrons. The number of carbonyl (C=O) groups excluding carboxylic acids is 2. The van der Waals surface area contributed by atoms with Crippen LogP contribution >= 0.6 is 11.3 Å². The average Bonchev–Trinajstić information content (AvgIpc) is 3.09. The zero-order valence-electron chi connectivity index (χ0n) is 18.1. The second-order valence-corrected chi connectivity index (χ2v) is 7.63. The number of aryl methyl sites for hydroxylation is 1. The van der Waals surface area contributed by atoms with E-state index in [-0.39, 0.29) is 23.2 Å². The van der Waals surface area contributed by atoms with Gasteiger partial charge in [-0.05, 0) is 32.9 Å². The van der Waals surface area contributed by atoms with E-state index in [0.717, 1.165) is 11.3 Å². The van der Waals surface area contributed by atoms with Gasteiger partial charge in [0.2, 0.25) is 5.91 Å². The fourth-order valence-corrected chi connectivity index (χ4v) is 3.75. The second-order valence-electron chi connectivity index (χ2n) is 6.81. The predicted octanol–water partition coefficient (Wildman–Crippen LogP) is 3.91. The summed E-state index contributed by atoms with van der Waals surface area (Å²) in [5, 5.41) is 7.34. The summed E-state index contributed by atoms with van der Waals surface area (Å²) in [5.41, 5.74) is 2.03. The van der Waals surface area contributed by atoms with Crippen LogP contribution in [-0.2, 0) is 11.3 Å². The number of carbonyl (C=O) groups is 2. The van der Waals surface area contributed by atoms with Crippen molar-refractivity contribution in [2.75, 3.05) is 23.8 Å². The summed E-state index contributed by atoms with van der Waals surface area (Å²) in [7, 11) is 0. The molecule has 0 aliphatic rings. The molecule has 2 amide bonds. The van der Waals surface area contributed by atoms with Crippen molar-refractivity contribution >= 4 is 34.5 Å². The minimum atomic E-state index is -0.377. The number of hydrogen-bond donors (Lipinski definition) is 2. The van der Waals surface area contributed by atoms with Crippen molar-refractivity contribution in [2.45, 2.75) is 27.3 Å². The van der Waals surface area contributed by atoms with Crippen molar-refractivity contribution in [3.8, 4) is 11.5 Å². The highest BCUT2D eigenvalue weighted by molar-refractivity contribution is 7.07. The first-order chi connectivity index (χ1) is 15.4. The van der Waals surface area contributed by atoms with E-state index >= 15 is 0 Å². The molecule has 2 N–H and O–H groups in total.